The van der Waals surface area contributed by atoms with E-state index in [1.54, 1.807) is 7.11 Å². The Labute approximate surface area is 106 Å². The van der Waals surface area contributed by atoms with Crippen LogP contribution in [0.4, 0.5) is 5.69 Å². The molecule has 2 rings (SSSR count). The first-order chi connectivity index (χ1) is 8.70. The highest BCUT2D eigenvalue weighted by Crippen LogP contribution is 2.25. The van der Waals surface area contributed by atoms with E-state index in [9.17, 15) is 0 Å². The second kappa shape index (κ2) is 5.64. The van der Waals surface area contributed by atoms with Crippen molar-refractivity contribution in [2.45, 2.75) is 19.8 Å². The quantitative estimate of drug-likeness (QED) is 0.647. The summed E-state index contributed by atoms with van der Waals surface area (Å²) in [6.07, 6.45) is 1.61. The van der Waals surface area contributed by atoms with Crippen molar-refractivity contribution in [2.75, 3.05) is 19.5 Å². The van der Waals surface area contributed by atoms with Crippen molar-refractivity contribution in [1.29, 1.82) is 0 Å². The molecule has 0 aliphatic heterocycles. The normalized spacial score (nSPS) is 10.8. The van der Waals surface area contributed by atoms with E-state index in [1.165, 1.54) is 0 Å². The molecule has 1 aromatic carbocycles. The molecule has 0 saturated carbocycles. The molecule has 0 aliphatic rings. The summed E-state index contributed by atoms with van der Waals surface area (Å²) in [5.74, 6) is 1.16. The summed E-state index contributed by atoms with van der Waals surface area (Å²) in [6.45, 7) is 2.69. The van der Waals surface area contributed by atoms with Crippen molar-refractivity contribution in [3.05, 3.63) is 29.6 Å². The third kappa shape index (κ3) is 2.87. The van der Waals surface area contributed by atoms with E-state index in [0.717, 1.165) is 24.0 Å². The van der Waals surface area contributed by atoms with Crippen molar-refractivity contribution in [1.82, 2.24) is 10.1 Å². The van der Waals surface area contributed by atoms with Crippen LogP contribution >= 0.6 is 0 Å². The first-order valence-electron chi connectivity index (χ1n) is 5.88. The number of aromatic nitrogens is 2. The molecule has 0 spiro atoms. The highest BCUT2D eigenvalue weighted by molar-refractivity contribution is 5.70. The molecule has 0 fully saturated rings. The molecule has 5 nitrogen and oxygen atoms in total. The molecule has 2 N–H and O–H groups in total. The molecule has 0 unspecified atom stereocenters. The molecule has 2 aromatic rings. The number of methoxy groups -OCH3 is 1. The van der Waals surface area contributed by atoms with Crippen molar-refractivity contribution >= 4 is 5.69 Å². The van der Waals surface area contributed by atoms with Gasteiger partial charge in [-0.3, -0.25) is 0 Å². The second-order valence-electron chi connectivity index (χ2n) is 4.20. The highest BCUT2D eigenvalue weighted by Gasteiger charge is 2.11. The summed E-state index contributed by atoms with van der Waals surface area (Å²) >= 11 is 0. The largest absolute Gasteiger partial charge is 0.398 e. The molecule has 1 heterocycles. The molecule has 0 atom stereocenters. The minimum absolute atomic E-state index is 0.476. The Kier molecular flexibility index (Phi) is 3.94. The molecular weight excluding hydrogens is 230 g/mol. The molecule has 0 saturated heterocycles. The summed E-state index contributed by atoms with van der Waals surface area (Å²) in [5, 5.41) is 3.94. The fraction of sp³-hybridized carbons (Fsp3) is 0.385. The lowest BCUT2D eigenvalue weighted by atomic mass is 10.1. The summed E-state index contributed by atoms with van der Waals surface area (Å²) < 4.78 is 10.2. The number of ether oxygens (including phenoxy) is 1. The summed E-state index contributed by atoms with van der Waals surface area (Å²) in [6, 6.07) is 5.75. The molecule has 0 bridgehead atoms. The van der Waals surface area contributed by atoms with Crippen LogP contribution in [0.5, 0.6) is 0 Å². The van der Waals surface area contributed by atoms with Crippen LogP contribution in [-0.4, -0.2) is 23.9 Å². The van der Waals surface area contributed by atoms with Gasteiger partial charge in [0.25, 0.3) is 5.89 Å². The lowest BCUT2D eigenvalue weighted by Crippen LogP contribution is -1.95. The zero-order chi connectivity index (χ0) is 13.0. The minimum atomic E-state index is 0.476. The van der Waals surface area contributed by atoms with Gasteiger partial charge >= 0.3 is 0 Å². The SMILES string of the molecule is COCCCc1noc(-c2cc(C)ccc2N)n1. The Balaban J connectivity index is 2.16. The molecule has 96 valence electrons. The van der Waals surface area contributed by atoms with E-state index >= 15 is 0 Å². The minimum Gasteiger partial charge on any atom is -0.398 e. The van der Waals surface area contributed by atoms with Crippen LogP contribution < -0.4 is 5.73 Å². The topological polar surface area (TPSA) is 74.2 Å². The van der Waals surface area contributed by atoms with Gasteiger partial charge in [0.1, 0.15) is 0 Å². The van der Waals surface area contributed by atoms with Crippen molar-refractivity contribution < 1.29 is 9.26 Å². The molecule has 18 heavy (non-hydrogen) atoms. The average Bonchev–Trinajstić information content (AvgIpc) is 2.81. The van der Waals surface area contributed by atoms with Crippen LogP contribution in [0.1, 0.15) is 17.8 Å². The standard InChI is InChI=1S/C13H17N3O2/c1-9-5-6-11(14)10(8-9)13-15-12(16-18-13)4-3-7-17-2/h5-6,8H,3-4,7,14H2,1-2H3. The summed E-state index contributed by atoms with van der Waals surface area (Å²) in [7, 11) is 1.68. The Morgan fingerprint density at radius 3 is 3.00 bits per heavy atom. The third-order valence-electron chi connectivity index (χ3n) is 2.66. The van der Waals surface area contributed by atoms with Crippen molar-refractivity contribution in [2.24, 2.45) is 0 Å². The fourth-order valence-corrected chi connectivity index (χ4v) is 1.69. The predicted molar refractivity (Wildman–Crippen MR) is 69.1 cm³/mol. The van der Waals surface area contributed by atoms with Gasteiger partial charge in [-0.1, -0.05) is 16.8 Å². The van der Waals surface area contributed by atoms with E-state index in [0.29, 0.717) is 24.0 Å². The van der Waals surface area contributed by atoms with Crippen LogP contribution in [0, 0.1) is 6.92 Å². The molecule has 5 heteroatoms. The van der Waals surface area contributed by atoms with Crippen LogP contribution in [0.25, 0.3) is 11.5 Å². The zero-order valence-corrected chi connectivity index (χ0v) is 10.6. The van der Waals surface area contributed by atoms with Gasteiger partial charge in [0.15, 0.2) is 5.82 Å². The number of hydrogen-bond donors (Lipinski definition) is 1. The smallest absolute Gasteiger partial charge is 0.260 e. The molecule has 0 amide bonds. The molecular formula is C13H17N3O2. The average molecular weight is 247 g/mol. The first-order valence-corrected chi connectivity index (χ1v) is 5.88. The second-order valence-corrected chi connectivity index (χ2v) is 4.20. The third-order valence-corrected chi connectivity index (χ3v) is 2.66. The van der Waals surface area contributed by atoms with Gasteiger partial charge in [-0.25, -0.2) is 0 Å². The highest BCUT2D eigenvalue weighted by atomic mass is 16.5. The monoisotopic (exact) mass is 247 g/mol. The molecule has 0 aliphatic carbocycles. The van der Waals surface area contributed by atoms with Gasteiger partial charge in [-0.2, -0.15) is 4.98 Å². The predicted octanol–water partition coefficient (Wildman–Crippen LogP) is 2.21. The maximum absolute atomic E-state index is 5.90. The number of aryl methyl sites for hydroxylation is 2. The van der Waals surface area contributed by atoms with Gasteiger partial charge in [0.2, 0.25) is 0 Å². The maximum Gasteiger partial charge on any atom is 0.260 e. The number of rotatable bonds is 5. The lowest BCUT2D eigenvalue weighted by molar-refractivity contribution is 0.194. The molecule has 0 radical (unpaired) electrons. The van der Waals surface area contributed by atoms with E-state index in [-0.39, 0.29) is 0 Å². The Morgan fingerprint density at radius 2 is 2.22 bits per heavy atom. The van der Waals surface area contributed by atoms with Crippen LogP contribution in [-0.2, 0) is 11.2 Å². The Bertz CT molecular complexity index is 523. The van der Waals surface area contributed by atoms with Gasteiger partial charge in [0.05, 0.1) is 5.56 Å². The van der Waals surface area contributed by atoms with Gasteiger partial charge in [-0.15, -0.1) is 0 Å². The zero-order valence-electron chi connectivity index (χ0n) is 10.6. The van der Waals surface area contributed by atoms with Gasteiger partial charge in [0, 0.05) is 25.8 Å². The van der Waals surface area contributed by atoms with E-state index in [4.69, 9.17) is 15.0 Å². The van der Waals surface area contributed by atoms with Gasteiger partial charge < -0.3 is 15.0 Å². The number of anilines is 1. The number of nitrogen functional groups attached to an aromatic ring is 1. The number of benzene rings is 1. The van der Waals surface area contributed by atoms with Crippen molar-refractivity contribution in [3.63, 3.8) is 0 Å². The van der Waals surface area contributed by atoms with Crippen molar-refractivity contribution in [3.8, 4) is 11.5 Å². The number of nitrogens with zero attached hydrogens (tertiary/aromatic N) is 2. The van der Waals surface area contributed by atoms with Crippen LogP contribution in [0.2, 0.25) is 0 Å². The summed E-state index contributed by atoms with van der Waals surface area (Å²) in [5.41, 5.74) is 8.45. The van der Waals surface area contributed by atoms with E-state index in [2.05, 4.69) is 10.1 Å². The Morgan fingerprint density at radius 1 is 1.39 bits per heavy atom. The van der Waals surface area contributed by atoms with Gasteiger partial charge in [-0.05, 0) is 25.5 Å². The van der Waals surface area contributed by atoms with Crippen LogP contribution in [0.3, 0.4) is 0 Å². The first kappa shape index (κ1) is 12.6. The summed E-state index contributed by atoms with van der Waals surface area (Å²) in [4.78, 5) is 4.34. The van der Waals surface area contributed by atoms with E-state index < -0.39 is 0 Å². The van der Waals surface area contributed by atoms with E-state index in [1.807, 2.05) is 25.1 Å². The maximum atomic E-state index is 5.90. The number of nitrogens with two attached hydrogens (primary N) is 1. The number of hydrogen-bond acceptors (Lipinski definition) is 5. The fourth-order valence-electron chi connectivity index (χ4n) is 1.69. The lowest BCUT2D eigenvalue weighted by Gasteiger charge is -2.01. The molecule has 1 aromatic heterocycles. The Hall–Kier alpha value is -1.88. The van der Waals surface area contributed by atoms with Crippen LogP contribution in [0.15, 0.2) is 22.7 Å².